The van der Waals surface area contributed by atoms with Gasteiger partial charge in [0.25, 0.3) is 0 Å². The number of esters is 1. The molecule has 0 spiro atoms. The van der Waals surface area contributed by atoms with Crippen molar-refractivity contribution in [2.45, 2.75) is 20.0 Å². The van der Waals surface area contributed by atoms with Crippen LogP contribution < -0.4 is 4.74 Å². The molecule has 0 radical (unpaired) electrons. The zero-order valence-corrected chi connectivity index (χ0v) is 15.5. The van der Waals surface area contributed by atoms with Gasteiger partial charge in [0.2, 0.25) is 5.76 Å². The number of hydrogen-bond donors (Lipinski definition) is 0. The van der Waals surface area contributed by atoms with Crippen LogP contribution in [0, 0.1) is 10.1 Å². The summed E-state index contributed by atoms with van der Waals surface area (Å²) < 4.78 is 15.8. The Kier molecular flexibility index (Phi) is 5.74. The molecule has 2 aromatic carbocycles. The first-order valence-electron chi connectivity index (χ1n) is 8.70. The molecule has 0 amide bonds. The number of benzene rings is 2. The lowest BCUT2D eigenvalue weighted by atomic mass is 10.00. The lowest BCUT2D eigenvalue weighted by Crippen LogP contribution is -2.06. The molecule has 0 fully saturated rings. The van der Waals surface area contributed by atoms with Gasteiger partial charge in [-0.1, -0.05) is 49.4 Å². The summed E-state index contributed by atoms with van der Waals surface area (Å²) in [7, 11) is 1.54. The van der Waals surface area contributed by atoms with Crippen molar-refractivity contribution in [1.29, 1.82) is 0 Å². The summed E-state index contributed by atoms with van der Waals surface area (Å²) in [6, 6.07) is 15.9. The molecule has 0 N–H and O–H groups in total. The van der Waals surface area contributed by atoms with Gasteiger partial charge >= 0.3 is 11.9 Å². The normalized spacial score (nSPS) is 10.5. The van der Waals surface area contributed by atoms with E-state index in [0.717, 1.165) is 5.56 Å². The maximum atomic E-state index is 12.6. The number of ether oxygens (including phenoxy) is 2. The Morgan fingerprint density at radius 3 is 2.36 bits per heavy atom. The van der Waals surface area contributed by atoms with Crippen molar-refractivity contribution < 1.29 is 23.6 Å². The number of carbonyl (C=O) groups excluding carboxylic acids is 1. The molecule has 0 saturated heterocycles. The topological polar surface area (TPSA) is 91.8 Å². The molecule has 7 heteroatoms. The van der Waals surface area contributed by atoms with E-state index in [0.29, 0.717) is 23.3 Å². The smallest absolute Gasteiger partial charge is 0.442 e. The lowest BCUT2D eigenvalue weighted by Gasteiger charge is -2.05. The second kappa shape index (κ2) is 8.39. The second-order valence-electron chi connectivity index (χ2n) is 5.99. The van der Waals surface area contributed by atoms with E-state index in [2.05, 4.69) is 0 Å². The number of furan rings is 1. The molecule has 0 unspecified atom stereocenters. The molecule has 144 valence electrons. The summed E-state index contributed by atoms with van der Waals surface area (Å²) in [5, 5.41) is 11.5. The van der Waals surface area contributed by atoms with Crippen molar-refractivity contribution in [1.82, 2.24) is 0 Å². The summed E-state index contributed by atoms with van der Waals surface area (Å²) >= 11 is 0. The van der Waals surface area contributed by atoms with Crippen LogP contribution in [0.5, 0.6) is 5.75 Å². The number of rotatable bonds is 7. The zero-order valence-electron chi connectivity index (χ0n) is 15.5. The Labute approximate surface area is 161 Å². The largest absolute Gasteiger partial charge is 0.497 e. The van der Waals surface area contributed by atoms with E-state index in [1.54, 1.807) is 31.2 Å². The summed E-state index contributed by atoms with van der Waals surface area (Å²) in [6.45, 7) is 1.85. The second-order valence-corrected chi connectivity index (χ2v) is 5.99. The van der Waals surface area contributed by atoms with Crippen LogP contribution in [0.15, 0.2) is 59.0 Å². The highest BCUT2D eigenvalue weighted by Gasteiger charge is 2.32. The Bertz CT molecular complexity index is 976. The van der Waals surface area contributed by atoms with Crippen molar-refractivity contribution in [2.75, 3.05) is 7.11 Å². The molecule has 3 rings (SSSR count). The average molecular weight is 381 g/mol. The first kappa shape index (κ1) is 19.2. The van der Waals surface area contributed by atoms with Gasteiger partial charge < -0.3 is 13.9 Å². The van der Waals surface area contributed by atoms with Crippen molar-refractivity contribution in [3.05, 3.63) is 81.6 Å². The monoisotopic (exact) mass is 381 g/mol. The number of methoxy groups -OCH3 is 1. The van der Waals surface area contributed by atoms with Crippen LogP contribution in [-0.4, -0.2) is 18.0 Å². The van der Waals surface area contributed by atoms with Crippen LogP contribution >= 0.6 is 0 Å². The molecule has 1 heterocycles. The Balaban J connectivity index is 1.97. The molecule has 7 nitrogen and oxygen atoms in total. The molecule has 3 aromatic rings. The predicted octanol–water partition coefficient (Wildman–Crippen LogP) is 4.78. The van der Waals surface area contributed by atoms with Gasteiger partial charge in [0, 0.05) is 5.56 Å². The van der Waals surface area contributed by atoms with Crippen molar-refractivity contribution in [3.63, 3.8) is 0 Å². The van der Waals surface area contributed by atoms with Gasteiger partial charge in [-0.25, -0.2) is 4.79 Å². The van der Waals surface area contributed by atoms with E-state index >= 15 is 0 Å². The lowest BCUT2D eigenvalue weighted by molar-refractivity contribution is -0.401. The molecule has 0 bridgehead atoms. The minimum atomic E-state index is -0.733. The van der Waals surface area contributed by atoms with Crippen LogP contribution in [0.25, 0.3) is 11.1 Å². The SMILES string of the molecule is CCc1c(C(=O)OCc2ccccc2)oc([N+](=O)[O-])c1-c1ccc(OC)cc1. The van der Waals surface area contributed by atoms with E-state index in [4.69, 9.17) is 13.9 Å². The van der Waals surface area contributed by atoms with Crippen LogP contribution in [0.3, 0.4) is 0 Å². The first-order valence-corrected chi connectivity index (χ1v) is 8.70. The van der Waals surface area contributed by atoms with Crippen molar-refractivity contribution >= 4 is 11.9 Å². The highest BCUT2D eigenvalue weighted by molar-refractivity contribution is 5.93. The molecule has 1 aromatic heterocycles. The summed E-state index contributed by atoms with van der Waals surface area (Å²) in [4.78, 5) is 23.5. The summed E-state index contributed by atoms with van der Waals surface area (Å²) in [5.41, 5.74) is 2.09. The molecule has 0 aliphatic heterocycles. The quantitative estimate of drug-likeness (QED) is 0.332. The molecular weight excluding hydrogens is 362 g/mol. The van der Waals surface area contributed by atoms with E-state index in [1.807, 2.05) is 30.3 Å². The number of carbonyl (C=O) groups is 1. The third-order valence-electron chi connectivity index (χ3n) is 4.28. The van der Waals surface area contributed by atoms with Gasteiger partial charge in [0.15, 0.2) is 0 Å². The van der Waals surface area contributed by atoms with E-state index in [9.17, 15) is 14.9 Å². The standard InChI is InChI=1S/C21H19NO6/c1-3-17-18(15-9-11-16(26-2)12-10-15)20(22(24)25)28-19(17)21(23)27-13-14-7-5-4-6-8-14/h4-12H,3,13H2,1-2H3. The van der Waals surface area contributed by atoms with Gasteiger partial charge in [-0.05, 0) is 29.7 Å². The first-order chi connectivity index (χ1) is 13.5. The van der Waals surface area contributed by atoms with Gasteiger partial charge in [-0.2, -0.15) is 0 Å². The highest BCUT2D eigenvalue weighted by Crippen LogP contribution is 2.39. The van der Waals surface area contributed by atoms with Gasteiger partial charge in [0.1, 0.15) is 22.8 Å². The molecular formula is C21H19NO6. The van der Waals surface area contributed by atoms with Gasteiger partial charge in [-0.3, -0.25) is 10.1 Å². The van der Waals surface area contributed by atoms with E-state index in [1.165, 1.54) is 7.11 Å². The zero-order chi connectivity index (χ0) is 20.1. The number of nitrogens with zero attached hydrogens (tertiary/aromatic N) is 1. The predicted molar refractivity (Wildman–Crippen MR) is 102 cm³/mol. The Hall–Kier alpha value is -3.61. The molecule has 0 aliphatic carbocycles. The van der Waals surface area contributed by atoms with Gasteiger partial charge in [0.05, 0.1) is 7.11 Å². The van der Waals surface area contributed by atoms with Crippen molar-refractivity contribution in [2.24, 2.45) is 0 Å². The third-order valence-corrected chi connectivity index (χ3v) is 4.28. The molecule has 0 aliphatic rings. The van der Waals surface area contributed by atoms with Crippen LogP contribution in [0.1, 0.15) is 28.6 Å². The fourth-order valence-corrected chi connectivity index (χ4v) is 2.93. The number of hydrogen-bond acceptors (Lipinski definition) is 6. The maximum absolute atomic E-state index is 12.6. The average Bonchev–Trinajstić information content (AvgIpc) is 3.13. The maximum Gasteiger partial charge on any atom is 0.442 e. The fraction of sp³-hybridized carbons (Fsp3) is 0.190. The summed E-state index contributed by atoms with van der Waals surface area (Å²) in [5.74, 6) is -0.733. The fourth-order valence-electron chi connectivity index (χ4n) is 2.93. The third kappa shape index (κ3) is 3.88. The minimum absolute atomic E-state index is 0.0508. The number of nitro groups is 1. The Morgan fingerprint density at radius 1 is 1.11 bits per heavy atom. The molecule has 0 atom stereocenters. The van der Waals surface area contributed by atoms with E-state index < -0.39 is 16.8 Å². The highest BCUT2D eigenvalue weighted by atomic mass is 16.7. The molecule has 28 heavy (non-hydrogen) atoms. The van der Waals surface area contributed by atoms with Crippen LogP contribution in [-0.2, 0) is 17.8 Å². The molecule has 0 saturated carbocycles. The van der Waals surface area contributed by atoms with Crippen LogP contribution in [0.2, 0.25) is 0 Å². The van der Waals surface area contributed by atoms with Crippen molar-refractivity contribution in [3.8, 4) is 16.9 Å². The van der Waals surface area contributed by atoms with Gasteiger partial charge in [-0.15, -0.1) is 0 Å². The summed E-state index contributed by atoms with van der Waals surface area (Å²) in [6.07, 6.45) is 0.370. The van der Waals surface area contributed by atoms with E-state index in [-0.39, 0.29) is 17.9 Å². The minimum Gasteiger partial charge on any atom is -0.497 e. The van der Waals surface area contributed by atoms with Crippen LogP contribution in [0.4, 0.5) is 5.88 Å². The Morgan fingerprint density at radius 2 is 1.79 bits per heavy atom.